The molecule has 0 radical (unpaired) electrons. The molecule has 1 aliphatic heterocycles. The Bertz CT molecular complexity index is 285. The maximum absolute atomic E-state index is 11.4. The van der Waals surface area contributed by atoms with Crippen molar-refractivity contribution in [1.82, 2.24) is 4.90 Å². The average Bonchev–Trinajstić information content (AvgIpc) is 2.41. The Labute approximate surface area is 87.3 Å². The molecule has 1 heterocycles. The first-order valence-corrected chi connectivity index (χ1v) is 5.33. The minimum absolute atomic E-state index is 0.0462. The van der Waals surface area contributed by atoms with Gasteiger partial charge in [0.25, 0.3) is 0 Å². The summed E-state index contributed by atoms with van der Waals surface area (Å²) in [5.74, 6) is 0.0546. The summed E-state index contributed by atoms with van der Waals surface area (Å²) < 4.78 is 0. The molecule has 1 fully saturated rings. The van der Waals surface area contributed by atoms with Crippen LogP contribution in [0.25, 0.3) is 0 Å². The third kappa shape index (κ3) is 3.04. The van der Waals surface area contributed by atoms with Gasteiger partial charge in [-0.1, -0.05) is 11.8 Å². The van der Waals surface area contributed by atoms with Crippen LogP contribution < -0.4 is 0 Å². The van der Waals surface area contributed by atoms with Gasteiger partial charge in [0.2, 0.25) is 5.91 Å². The maximum Gasteiger partial charge on any atom is 0.223 e. The van der Waals surface area contributed by atoms with Crippen molar-refractivity contribution in [2.45, 2.75) is 25.0 Å². The van der Waals surface area contributed by atoms with Crippen molar-refractivity contribution in [1.29, 1.82) is 5.26 Å². The Morgan fingerprint density at radius 2 is 2.50 bits per heavy atom. The fraction of sp³-hybridized carbons (Fsp3) is 0.667. The van der Waals surface area contributed by atoms with Gasteiger partial charge in [-0.05, 0) is 0 Å². The molecule has 0 bridgehead atoms. The highest BCUT2D eigenvalue weighted by Gasteiger charge is 2.30. The Kier molecular flexibility index (Phi) is 3.96. The van der Waals surface area contributed by atoms with E-state index < -0.39 is 0 Å². The summed E-state index contributed by atoms with van der Waals surface area (Å²) in [7, 11) is 0. The van der Waals surface area contributed by atoms with Crippen LogP contribution in [0.3, 0.4) is 0 Å². The molecule has 0 N–H and O–H groups in total. The monoisotopic (exact) mass is 212 g/mol. The zero-order valence-electron chi connectivity index (χ0n) is 8.02. The zero-order valence-corrected chi connectivity index (χ0v) is 8.84. The van der Waals surface area contributed by atoms with Crippen molar-refractivity contribution in [3.8, 4) is 6.07 Å². The van der Waals surface area contributed by atoms with Gasteiger partial charge in [0.15, 0.2) is 5.12 Å². The van der Waals surface area contributed by atoms with Gasteiger partial charge in [0, 0.05) is 31.7 Å². The van der Waals surface area contributed by atoms with Crippen LogP contribution in [0.1, 0.15) is 19.8 Å². The predicted octanol–water partition coefficient (Wildman–Crippen LogP) is 0.781. The summed E-state index contributed by atoms with van der Waals surface area (Å²) >= 11 is 1.22. The number of likely N-dealkylation sites (tertiary alicyclic amines) is 1. The van der Waals surface area contributed by atoms with Gasteiger partial charge in [-0.15, -0.1) is 0 Å². The molecule has 4 nitrogen and oxygen atoms in total. The molecule has 0 aromatic heterocycles. The van der Waals surface area contributed by atoms with E-state index in [0.29, 0.717) is 25.9 Å². The minimum Gasteiger partial charge on any atom is -0.340 e. The second kappa shape index (κ2) is 5.01. The minimum atomic E-state index is 0.0462. The lowest BCUT2D eigenvalue weighted by atomic mass is 10.4. The summed E-state index contributed by atoms with van der Waals surface area (Å²) in [4.78, 5) is 23.8. The average molecular weight is 212 g/mol. The molecule has 5 heteroatoms. The molecule has 0 aromatic rings. The number of nitriles is 1. The summed E-state index contributed by atoms with van der Waals surface area (Å²) in [6.45, 7) is 2.60. The van der Waals surface area contributed by atoms with Gasteiger partial charge in [0.1, 0.15) is 0 Å². The number of hydrogen-bond donors (Lipinski definition) is 0. The van der Waals surface area contributed by atoms with Crippen LogP contribution in [-0.2, 0) is 9.59 Å². The van der Waals surface area contributed by atoms with Gasteiger partial charge in [-0.3, -0.25) is 9.59 Å². The fourth-order valence-corrected chi connectivity index (χ4v) is 2.40. The molecule has 1 aliphatic rings. The van der Waals surface area contributed by atoms with E-state index in [1.165, 1.54) is 18.7 Å². The molecule has 0 aromatic carbocycles. The summed E-state index contributed by atoms with van der Waals surface area (Å²) in [5.41, 5.74) is 0. The van der Waals surface area contributed by atoms with Crippen LogP contribution >= 0.6 is 11.8 Å². The van der Waals surface area contributed by atoms with Crippen molar-refractivity contribution < 1.29 is 9.59 Å². The number of carbonyl (C=O) groups excluding carboxylic acids is 2. The first-order chi connectivity index (χ1) is 6.63. The highest BCUT2D eigenvalue weighted by molar-refractivity contribution is 8.14. The molecule has 1 saturated heterocycles. The van der Waals surface area contributed by atoms with E-state index in [0.717, 1.165) is 0 Å². The van der Waals surface area contributed by atoms with E-state index in [2.05, 4.69) is 0 Å². The van der Waals surface area contributed by atoms with Gasteiger partial charge >= 0.3 is 0 Å². The first kappa shape index (κ1) is 11.1. The van der Waals surface area contributed by atoms with E-state index in [4.69, 9.17) is 5.26 Å². The van der Waals surface area contributed by atoms with Crippen LogP contribution in [0.2, 0.25) is 0 Å². The number of carbonyl (C=O) groups is 2. The van der Waals surface area contributed by atoms with E-state index in [1.54, 1.807) is 4.90 Å². The third-order valence-corrected chi connectivity index (χ3v) is 2.99. The molecule has 1 rings (SSSR count). The molecular formula is C9H12N2O2S. The second-order valence-corrected chi connectivity index (χ2v) is 4.66. The van der Waals surface area contributed by atoms with E-state index >= 15 is 0 Å². The highest BCUT2D eigenvalue weighted by atomic mass is 32.2. The number of amides is 1. The van der Waals surface area contributed by atoms with E-state index in [-0.39, 0.29) is 16.3 Å². The quantitative estimate of drug-likeness (QED) is 0.693. The van der Waals surface area contributed by atoms with Gasteiger partial charge in [-0.2, -0.15) is 5.26 Å². The van der Waals surface area contributed by atoms with Gasteiger partial charge in [0.05, 0.1) is 12.5 Å². The van der Waals surface area contributed by atoms with Gasteiger partial charge < -0.3 is 4.90 Å². The molecule has 0 aliphatic carbocycles. The molecule has 1 unspecified atom stereocenters. The van der Waals surface area contributed by atoms with Crippen LogP contribution in [0.4, 0.5) is 0 Å². The molecule has 1 amide bonds. The lowest BCUT2D eigenvalue weighted by Crippen LogP contribution is -2.26. The Morgan fingerprint density at radius 3 is 3.07 bits per heavy atom. The molecule has 0 spiro atoms. The number of rotatable bonds is 3. The van der Waals surface area contributed by atoms with E-state index in [1.807, 2.05) is 6.07 Å². The number of hydrogen-bond acceptors (Lipinski definition) is 4. The molecule has 76 valence electrons. The highest BCUT2D eigenvalue weighted by Crippen LogP contribution is 2.23. The molecule has 1 atom stereocenters. The Balaban J connectivity index is 2.40. The van der Waals surface area contributed by atoms with Crippen LogP contribution in [-0.4, -0.2) is 34.3 Å². The number of nitrogens with zero attached hydrogens (tertiary/aromatic N) is 2. The molecule has 0 saturated carbocycles. The van der Waals surface area contributed by atoms with Gasteiger partial charge in [-0.25, -0.2) is 0 Å². The van der Waals surface area contributed by atoms with Crippen LogP contribution in [0.15, 0.2) is 0 Å². The normalized spacial score (nSPS) is 21.0. The standard InChI is InChI=1S/C9H12N2O2S/c1-7(12)14-8-5-9(13)11(6-8)4-2-3-10/h8H,2,4-6H2,1H3. The predicted molar refractivity (Wildman–Crippen MR) is 53.5 cm³/mol. The molecule has 14 heavy (non-hydrogen) atoms. The van der Waals surface area contributed by atoms with E-state index in [9.17, 15) is 9.59 Å². The SMILES string of the molecule is CC(=O)SC1CC(=O)N(CCC#N)C1. The maximum atomic E-state index is 11.4. The zero-order chi connectivity index (χ0) is 10.6. The van der Waals surface area contributed by atoms with Crippen molar-refractivity contribution >= 4 is 22.8 Å². The van der Waals surface area contributed by atoms with Crippen molar-refractivity contribution in [3.05, 3.63) is 0 Å². The first-order valence-electron chi connectivity index (χ1n) is 4.45. The van der Waals surface area contributed by atoms with Crippen molar-refractivity contribution in [2.24, 2.45) is 0 Å². The topological polar surface area (TPSA) is 61.2 Å². The van der Waals surface area contributed by atoms with Crippen molar-refractivity contribution in [3.63, 3.8) is 0 Å². The number of thioether (sulfide) groups is 1. The summed E-state index contributed by atoms with van der Waals surface area (Å²) in [6.07, 6.45) is 0.791. The lowest BCUT2D eigenvalue weighted by Gasteiger charge is -2.13. The fourth-order valence-electron chi connectivity index (χ4n) is 1.45. The Morgan fingerprint density at radius 1 is 1.79 bits per heavy atom. The largest absolute Gasteiger partial charge is 0.340 e. The molecular weight excluding hydrogens is 200 g/mol. The summed E-state index contributed by atoms with van der Waals surface area (Å²) in [6, 6.07) is 2.00. The smallest absolute Gasteiger partial charge is 0.223 e. The van der Waals surface area contributed by atoms with Crippen LogP contribution in [0.5, 0.6) is 0 Å². The van der Waals surface area contributed by atoms with Crippen LogP contribution in [0, 0.1) is 11.3 Å². The van der Waals surface area contributed by atoms with Crippen molar-refractivity contribution in [2.75, 3.05) is 13.1 Å². The third-order valence-electron chi connectivity index (χ3n) is 2.01. The Hall–Kier alpha value is -1.02. The summed E-state index contributed by atoms with van der Waals surface area (Å²) in [5, 5.41) is 8.51. The second-order valence-electron chi connectivity index (χ2n) is 3.18. The lowest BCUT2D eigenvalue weighted by molar-refractivity contribution is -0.127.